The average Bonchev–Trinajstić information content (AvgIpc) is 2.90. The van der Waals surface area contributed by atoms with E-state index in [0.717, 1.165) is 19.9 Å². The number of halogens is 1. The number of carbonyl (C=O) groups is 2. The fraction of sp³-hybridized carbons (Fsp3) is 0.286. The molecule has 3 aromatic rings. The van der Waals surface area contributed by atoms with Gasteiger partial charge in [0.2, 0.25) is 11.8 Å². The minimum Gasteiger partial charge on any atom is -0.355 e. The molecule has 196 valence electrons. The molecule has 2 amide bonds. The maximum absolute atomic E-state index is 13.9. The van der Waals surface area contributed by atoms with Gasteiger partial charge in [-0.05, 0) is 61.7 Å². The number of hydrogen-bond acceptors (Lipinski definition) is 4. The van der Waals surface area contributed by atoms with Gasteiger partial charge < -0.3 is 10.2 Å². The third-order valence-corrected chi connectivity index (χ3v) is 8.28. The highest BCUT2D eigenvalue weighted by molar-refractivity contribution is 9.10. The van der Waals surface area contributed by atoms with Crippen LogP contribution in [0.25, 0.3) is 0 Å². The van der Waals surface area contributed by atoms with E-state index >= 15 is 0 Å². The quantitative estimate of drug-likeness (QED) is 0.351. The molecule has 0 aromatic heterocycles. The van der Waals surface area contributed by atoms with Crippen molar-refractivity contribution in [1.29, 1.82) is 0 Å². The maximum Gasteiger partial charge on any atom is 0.264 e. The molecule has 37 heavy (non-hydrogen) atoms. The lowest BCUT2D eigenvalue weighted by atomic mass is 10.1. The number of aryl methyl sites for hydroxylation is 1. The number of anilines is 1. The molecule has 0 aliphatic rings. The molecule has 3 rings (SSSR count). The first kappa shape index (κ1) is 28.4. The molecule has 0 spiro atoms. The first-order valence-electron chi connectivity index (χ1n) is 12.2. The van der Waals surface area contributed by atoms with Gasteiger partial charge in [0.05, 0.1) is 10.6 Å². The highest BCUT2D eigenvalue weighted by Gasteiger charge is 2.33. The fourth-order valence-corrected chi connectivity index (χ4v) is 5.94. The van der Waals surface area contributed by atoms with E-state index in [2.05, 4.69) is 21.2 Å². The normalized spacial score (nSPS) is 12.0. The van der Waals surface area contributed by atoms with E-state index in [1.165, 1.54) is 17.0 Å². The van der Waals surface area contributed by atoms with Gasteiger partial charge in [0.1, 0.15) is 12.6 Å². The molecule has 0 aliphatic heterocycles. The van der Waals surface area contributed by atoms with E-state index in [0.29, 0.717) is 18.7 Å². The molecule has 0 saturated carbocycles. The van der Waals surface area contributed by atoms with Crippen LogP contribution in [0.1, 0.15) is 31.9 Å². The second kappa shape index (κ2) is 12.9. The van der Waals surface area contributed by atoms with Crippen LogP contribution in [-0.4, -0.2) is 44.3 Å². The number of amides is 2. The molecule has 1 N–H and O–H groups in total. The summed E-state index contributed by atoms with van der Waals surface area (Å²) in [5.74, 6) is -0.790. The number of sulfonamides is 1. The summed E-state index contributed by atoms with van der Waals surface area (Å²) in [5, 5.41) is 2.76. The Morgan fingerprint density at radius 1 is 0.946 bits per heavy atom. The van der Waals surface area contributed by atoms with Gasteiger partial charge in [0.15, 0.2) is 0 Å². The Labute approximate surface area is 227 Å². The first-order chi connectivity index (χ1) is 17.7. The number of benzene rings is 3. The zero-order valence-electron chi connectivity index (χ0n) is 21.2. The van der Waals surface area contributed by atoms with Crippen LogP contribution in [0.2, 0.25) is 0 Å². The lowest BCUT2D eigenvalue weighted by Gasteiger charge is -2.32. The van der Waals surface area contributed by atoms with E-state index in [4.69, 9.17) is 0 Å². The summed E-state index contributed by atoms with van der Waals surface area (Å²) < 4.78 is 29.7. The lowest BCUT2D eigenvalue weighted by molar-refractivity contribution is -0.139. The van der Waals surface area contributed by atoms with Crippen molar-refractivity contribution in [3.8, 4) is 0 Å². The number of nitrogens with one attached hydrogen (secondary N) is 1. The Kier molecular flexibility index (Phi) is 9.88. The topological polar surface area (TPSA) is 86.8 Å². The van der Waals surface area contributed by atoms with Gasteiger partial charge in [-0.2, -0.15) is 0 Å². The Balaban J connectivity index is 2.06. The number of carbonyl (C=O) groups excluding carboxylic acids is 2. The molecule has 0 radical (unpaired) electrons. The highest BCUT2D eigenvalue weighted by atomic mass is 79.9. The fourth-order valence-electron chi connectivity index (χ4n) is 4.02. The Bertz CT molecular complexity index is 1330. The zero-order chi connectivity index (χ0) is 27.0. The van der Waals surface area contributed by atoms with E-state index < -0.39 is 28.5 Å². The second-order valence-electron chi connectivity index (χ2n) is 8.53. The van der Waals surface area contributed by atoms with E-state index in [1.54, 1.807) is 44.2 Å². The van der Waals surface area contributed by atoms with Gasteiger partial charge in [0.25, 0.3) is 10.0 Å². The molecule has 0 unspecified atom stereocenters. The molecule has 0 fully saturated rings. The summed E-state index contributed by atoms with van der Waals surface area (Å²) >= 11 is 3.45. The van der Waals surface area contributed by atoms with Crippen molar-refractivity contribution in [2.45, 2.75) is 44.7 Å². The van der Waals surface area contributed by atoms with Crippen molar-refractivity contribution in [3.05, 3.63) is 94.5 Å². The van der Waals surface area contributed by atoms with Crippen molar-refractivity contribution in [2.75, 3.05) is 17.4 Å². The van der Waals surface area contributed by atoms with Gasteiger partial charge >= 0.3 is 0 Å². The molecule has 0 heterocycles. The van der Waals surface area contributed by atoms with Gasteiger partial charge in [0, 0.05) is 17.6 Å². The van der Waals surface area contributed by atoms with Crippen LogP contribution >= 0.6 is 15.9 Å². The van der Waals surface area contributed by atoms with Crippen molar-refractivity contribution in [2.24, 2.45) is 0 Å². The molecule has 0 saturated heterocycles. The summed E-state index contributed by atoms with van der Waals surface area (Å²) in [7, 11) is -4.07. The van der Waals surface area contributed by atoms with Crippen LogP contribution in [0, 0.1) is 0 Å². The highest BCUT2D eigenvalue weighted by Crippen LogP contribution is 2.28. The summed E-state index contributed by atoms with van der Waals surface area (Å²) in [6.45, 7) is 5.50. The Hall–Kier alpha value is -3.17. The van der Waals surface area contributed by atoms with E-state index in [1.807, 2.05) is 43.3 Å². The third-order valence-electron chi connectivity index (χ3n) is 6.01. The number of likely N-dealkylation sites (N-methyl/N-ethyl adjacent to an activating group) is 1. The standard InChI is InChI=1S/C28H32BrN3O4S/c1-4-23-13-9-10-17-26(23)32(37(35,36)25-15-7-6-8-16-25)20-27(33)31(21(3)28(34)30-5-2)19-22-12-11-14-24(29)18-22/h6-18,21H,4-5,19-20H2,1-3H3,(H,30,34)/t21-/m1/s1. The number of hydrogen-bond donors (Lipinski definition) is 1. The molecule has 9 heteroatoms. The number of nitrogens with zero attached hydrogens (tertiary/aromatic N) is 2. The SMILES string of the molecule is CCNC(=O)[C@@H](C)N(Cc1cccc(Br)c1)C(=O)CN(c1ccccc1CC)S(=O)(=O)c1ccccc1. The van der Waals surface area contributed by atoms with Gasteiger partial charge in [-0.3, -0.25) is 13.9 Å². The van der Waals surface area contributed by atoms with E-state index in [9.17, 15) is 18.0 Å². The molecular formula is C28H32BrN3O4S. The van der Waals surface area contributed by atoms with Crippen molar-refractivity contribution in [1.82, 2.24) is 10.2 Å². The van der Waals surface area contributed by atoms with Crippen LogP contribution in [-0.2, 0) is 32.6 Å². The molecular weight excluding hydrogens is 554 g/mol. The monoisotopic (exact) mass is 585 g/mol. The molecule has 0 aliphatic carbocycles. The van der Waals surface area contributed by atoms with Gasteiger partial charge in [-0.15, -0.1) is 0 Å². The summed E-state index contributed by atoms with van der Waals surface area (Å²) in [6.07, 6.45) is 0.586. The molecule has 1 atom stereocenters. The molecule has 3 aromatic carbocycles. The van der Waals surface area contributed by atoms with Crippen LogP contribution in [0.5, 0.6) is 0 Å². The smallest absolute Gasteiger partial charge is 0.264 e. The van der Waals surface area contributed by atoms with Crippen molar-refractivity contribution < 1.29 is 18.0 Å². The van der Waals surface area contributed by atoms with Crippen LogP contribution in [0.15, 0.2) is 88.2 Å². The average molecular weight is 587 g/mol. The predicted molar refractivity (Wildman–Crippen MR) is 150 cm³/mol. The minimum absolute atomic E-state index is 0.0871. The number of rotatable bonds is 11. The summed E-state index contributed by atoms with van der Waals surface area (Å²) in [4.78, 5) is 28.2. The largest absolute Gasteiger partial charge is 0.355 e. The number of para-hydroxylation sites is 1. The summed E-state index contributed by atoms with van der Waals surface area (Å²) in [6, 6.07) is 21.9. The summed E-state index contributed by atoms with van der Waals surface area (Å²) in [5.41, 5.74) is 2.05. The zero-order valence-corrected chi connectivity index (χ0v) is 23.6. The minimum atomic E-state index is -4.07. The van der Waals surface area contributed by atoms with Crippen LogP contribution in [0.3, 0.4) is 0 Å². The van der Waals surface area contributed by atoms with Gasteiger partial charge in [-0.1, -0.05) is 71.4 Å². The Morgan fingerprint density at radius 3 is 2.27 bits per heavy atom. The molecule has 0 bridgehead atoms. The lowest BCUT2D eigenvalue weighted by Crippen LogP contribution is -2.51. The maximum atomic E-state index is 13.9. The van der Waals surface area contributed by atoms with Crippen LogP contribution < -0.4 is 9.62 Å². The first-order valence-corrected chi connectivity index (χ1v) is 14.4. The van der Waals surface area contributed by atoms with Gasteiger partial charge in [-0.25, -0.2) is 8.42 Å². The van der Waals surface area contributed by atoms with Crippen LogP contribution in [0.4, 0.5) is 5.69 Å². The third kappa shape index (κ3) is 6.99. The second-order valence-corrected chi connectivity index (χ2v) is 11.3. The van der Waals surface area contributed by atoms with E-state index in [-0.39, 0.29) is 17.3 Å². The Morgan fingerprint density at radius 2 is 1.62 bits per heavy atom. The predicted octanol–water partition coefficient (Wildman–Crippen LogP) is 4.76. The molecule has 7 nitrogen and oxygen atoms in total. The van der Waals surface area contributed by atoms with Crippen molar-refractivity contribution >= 4 is 43.5 Å². The van der Waals surface area contributed by atoms with Crippen molar-refractivity contribution in [3.63, 3.8) is 0 Å².